The van der Waals surface area contributed by atoms with E-state index in [1.807, 2.05) is 6.92 Å². The number of alkyl halides is 3. The fourth-order valence-electron chi connectivity index (χ4n) is 1.73. The van der Waals surface area contributed by atoms with E-state index in [-0.39, 0.29) is 0 Å². The molecule has 1 aromatic carbocycles. The van der Waals surface area contributed by atoms with Crippen molar-refractivity contribution >= 4 is 0 Å². The average Bonchev–Trinajstić information content (AvgIpc) is 2.84. The maximum atomic E-state index is 12.6. The van der Waals surface area contributed by atoms with Gasteiger partial charge in [-0.2, -0.15) is 13.2 Å². The molecule has 0 atom stereocenters. The van der Waals surface area contributed by atoms with Crippen LogP contribution in [0.4, 0.5) is 13.2 Å². The van der Waals surface area contributed by atoms with Crippen LogP contribution in [0, 0.1) is 0 Å². The van der Waals surface area contributed by atoms with E-state index in [1.165, 1.54) is 6.07 Å². The van der Waals surface area contributed by atoms with E-state index in [4.69, 9.17) is 4.42 Å². The van der Waals surface area contributed by atoms with Crippen LogP contribution >= 0.6 is 0 Å². The molecule has 1 aromatic heterocycles. The van der Waals surface area contributed by atoms with Gasteiger partial charge in [-0.05, 0) is 30.8 Å². The SMILES string of the molecule is CCNCc1ccc(-c2cccc(C(F)(F)F)c2)o1. The Morgan fingerprint density at radius 1 is 1.16 bits per heavy atom. The van der Waals surface area contributed by atoms with Crippen LogP contribution in [0.25, 0.3) is 11.3 Å². The molecule has 5 heteroatoms. The van der Waals surface area contributed by atoms with Gasteiger partial charge in [-0.3, -0.25) is 0 Å². The summed E-state index contributed by atoms with van der Waals surface area (Å²) in [5.74, 6) is 1.15. The van der Waals surface area contributed by atoms with Crippen molar-refractivity contribution in [1.82, 2.24) is 5.32 Å². The molecule has 0 unspecified atom stereocenters. The summed E-state index contributed by atoms with van der Waals surface area (Å²) in [5, 5.41) is 3.09. The molecule has 0 aliphatic rings. The number of hydrogen-bond acceptors (Lipinski definition) is 2. The molecule has 0 saturated carbocycles. The Hall–Kier alpha value is -1.75. The van der Waals surface area contributed by atoms with E-state index >= 15 is 0 Å². The van der Waals surface area contributed by atoms with Gasteiger partial charge in [-0.1, -0.05) is 19.1 Å². The van der Waals surface area contributed by atoms with Crippen molar-refractivity contribution in [2.24, 2.45) is 0 Å². The molecular formula is C14H14F3NO. The van der Waals surface area contributed by atoms with Gasteiger partial charge in [0, 0.05) is 5.56 Å². The van der Waals surface area contributed by atoms with Gasteiger partial charge >= 0.3 is 6.18 Å². The normalized spacial score (nSPS) is 11.8. The van der Waals surface area contributed by atoms with Crippen molar-refractivity contribution < 1.29 is 17.6 Å². The van der Waals surface area contributed by atoms with Gasteiger partial charge in [0.25, 0.3) is 0 Å². The molecular weight excluding hydrogens is 255 g/mol. The molecule has 1 N–H and O–H groups in total. The number of halogens is 3. The number of hydrogen-bond donors (Lipinski definition) is 1. The Labute approximate surface area is 109 Å². The summed E-state index contributed by atoms with van der Waals surface area (Å²) in [4.78, 5) is 0. The Morgan fingerprint density at radius 3 is 2.63 bits per heavy atom. The first-order valence-corrected chi connectivity index (χ1v) is 5.98. The lowest BCUT2D eigenvalue weighted by Gasteiger charge is -2.07. The maximum absolute atomic E-state index is 12.6. The molecule has 0 aliphatic heterocycles. The monoisotopic (exact) mass is 269 g/mol. The second-order valence-corrected chi connectivity index (χ2v) is 4.12. The Balaban J connectivity index is 2.24. The Bertz CT molecular complexity index is 546. The largest absolute Gasteiger partial charge is 0.460 e. The molecule has 0 fully saturated rings. The molecule has 0 aliphatic carbocycles. The van der Waals surface area contributed by atoms with Gasteiger partial charge in [-0.15, -0.1) is 0 Å². The highest BCUT2D eigenvalue weighted by Crippen LogP contribution is 2.32. The van der Waals surface area contributed by atoms with Crippen molar-refractivity contribution in [3.8, 4) is 11.3 Å². The molecule has 1 heterocycles. The topological polar surface area (TPSA) is 25.2 Å². The first-order chi connectivity index (χ1) is 9.00. The Morgan fingerprint density at radius 2 is 1.95 bits per heavy atom. The first kappa shape index (κ1) is 13.7. The molecule has 0 spiro atoms. The molecule has 2 aromatic rings. The fraction of sp³-hybridized carbons (Fsp3) is 0.286. The maximum Gasteiger partial charge on any atom is 0.416 e. The zero-order chi connectivity index (χ0) is 13.9. The van der Waals surface area contributed by atoms with Crippen molar-refractivity contribution in [3.05, 3.63) is 47.7 Å². The third-order valence-corrected chi connectivity index (χ3v) is 2.69. The summed E-state index contributed by atoms with van der Waals surface area (Å²) < 4.78 is 43.4. The van der Waals surface area contributed by atoms with Gasteiger partial charge < -0.3 is 9.73 Å². The minimum atomic E-state index is -4.34. The quantitative estimate of drug-likeness (QED) is 0.904. The number of nitrogens with one attached hydrogen (secondary N) is 1. The zero-order valence-corrected chi connectivity index (χ0v) is 10.4. The summed E-state index contributed by atoms with van der Waals surface area (Å²) in [5.41, 5.74) is -0.243. The van der Waals surface area contributed by atoms with Crippen LogP contribution in [-0.2, 0) is 12.7 Å². The van der Waals surface area contributed by atoms with Crippen LogP contribution < -0.4 is 5.32 Å². The molecule has 0 bridgehead atoms. The third-order valence-electron chi connectivity index (χ3n) is 2.69. The van der Waals surface area contributed by atoms with Crippen LogP contribution in [0.5, 0.6) is 0 Å². The van der Waals surface area contributed by atoms with Crippen LogP contribution in [0.2, 0.25) is 0 Å². The third kappa shape index (κ3) is 3.38. The van der Waals surface area contributed by atoms with Crippen LogP contribution in [0.1, 0.15) is 18.2 Å². The van der Waals surface area contributed by atoms with E-state index in [1.54, 1.807) is 18.2 Å². The lowest BCUT2D eigenvalue weighted by atomic mass is 10.1. The molecule has 102 valence electrons. The minimum Gasteiger partial charge on any atom is -0.460 e. The van der Waals surface area contributed by atoms with Crippen molar-refractivity contribution in [2.75, 3.05) is 6.54 Å². The lowest BCUT2D eigenvalue weighted by molar-refractivity contribution is -0.137. The molecule has 2 rings (SSSR count). The highest BCUT2D eigenvalue weighted by molar-refractivity contribution is 5.58. The average molecular weight is 269 g/mol. The summed E-state index contributed by atoms with van der Waals surface area (Å²) >= 11 is 0. The van der Waals surface area contributed by atoms with Crippen LogP contribution in [0.15, 0.2) is 40.8 Å². The van der Waals surface area contributed by atoms with E-state index in [9.17, 15) is 13.2 Å². The predicted octanol–water partition coefficient (Wildman–Crippen LogP) is 4.07. The van der Waals surface area contributed by atoms with E-state index in [0.29, 0.717) is 23.6 Å². The lowest BCUT2D eigenvalue weighted by Crippen LogP contribution is -2.10. The summed E-state index contributed by atoms with van der Waals surface area (Å²) in [6.45, 7) is 3.34. The fourth-order valence-corrected chi connectivity index (χ4v) is 1.73. The number of rotatable bonds is 4. The molecule has 2 nitrogen and oxygen atoms in total. The van der Waals surface area contributed by atoms with Gasteiger partial charge in [0.1, 0.15) is 11.5 Å². The smallest absolute Gasteiger partial charge is 0.416 e. The van der Waals surface area contributed by atoms with E-state index in [0.717, 1.165) is 18.7 Å². The summed E-state index contributed by atoms with van der Waals surface area (Å²) in [7, 11) is 0. The summed E-state index contributed by atoms with van der Waals surface area (Å²) in [6.07, 6.45) is -4.34. The van der Waals surface area contributed by atoms with Crippen molar-refractivity contribution in [1.29, 1.82) is 0 Å². The second-order valence-electron chi connectivity index (χ2n) is 4.12. The molecule has 0 amide bonds. The van der Waals surface area contributed by atoms with Gasteiger partial charge in [0.15, 0.2) is 0 Å². The van der Waals surface area contributed by atoms with Gasteiger partial charge in [0.05, 0.1) is 12.1 Å². The minimum absolute atomic E-state index is 0.428. The Kier molecular flexibility index (Phi) is 3.95. The first-order valence-electron chi connectivity index (χ1n) is 5.98. The van der Waals surface area contributed by atoms with Gasteiger partial charge in [0.2, 0.25) is 0 Å². The standard InChI is InChI=1S/C14H14F3NO/c1-2-18-9-12-6-7-13(19-12)10-4-3-5-11(8-10)14(15,16)17/h3-8,18H,2,9H2,1H3. The summed E-state index contributed by atoms with van der Waals surface area (Å²) in [6, 6.07) is 8.57. The van der Waals surface area contributed by atoms with Crippen molar-refractivity contribution in [2.45, 2.75) is 19.6 Å². The molecule has 0 radical (unpaired) electrons. The molecule has 0 saturated heterocycles. The van der Waals surface area contributed by atoms with Crippen LogP contribution in [-0.4, -0.2) is 6.54 Å². The number of furan rings is 1. The highest BCUT2D eigenvalue weighted by atomic mass is 19.4. The number of benzene rings is 1. The van der Waals surface area contributed by atoms with Crippen LogP contribution in [0.3, 0.4) is 0 Å². The highest BCUT2D eigenvalue weighted by Gasteiger charge is 2.30. The molecule has 19 heavy (non-hydrogen) atoms. The van der Waals surface area contributed by atoms with Crippen molar-refractivity contribution in [3.63, 3.8) is 0 Å². The van der Waals surface area contributed by atoms with E-state index in [2.05, 4.69) is 5.32 Å². The predicted molar refractivity (Wildman–Crippen MR) is 66.5 cm³/mol. The second kappa shape index (κ2) is 5.48. The van der Waals surface area contributed by atoms with E-state index < -0.39 is 11.7 Å². The van der Waals surface area contributed by atoms with Gasteiger partial charge in [-0.25, -0.2) is 0 Å². The zero-order valence-electron chi connectivity index (χ0n) is 10.4.